The van der Waals surface area contributed by atoms with Crippen molar-refractivity contribution in [2.75, 3.05) is 0 Å². The normalized spacial score (nSPS) is 12.1. The van der Waals surface area contributed by atoms with Gasteiger partial charge in [0, 0.05) is 91.2 Å². The fraction of sp³-hybridized carbons (Fsp3) is 0. The van der Waals surface area contributed by atoms with E-state index < -0.39 is 0 Å². The zero-order chi connectivity index (χ0) is 37.9. The Bertz CT molecular complexity index is 3810. The first-order valence-electron chi connectivity index (χ1n) is 19.5. The Kier molecular flexibility index (Phi) is 6.73. The van der Waals surface area contributed by atoms with Crippen LogP contribution in [0.2, 0.25) is 0 Å². The van der Waals surface area contributed by atoms with Crippen LogP contribution in [-0.4, -0.2) is 19.1 Å². The summed E-state index contributed by atoms with van der Waals surface area (Å²) < 4.78 is 10.1. The SMILES string of the molecule is c1cnc(-c2cccc3c2c2ccccc2n3-c2ccc3sc4ccc(-n5c6ccccc6c6cc(-c7cccc8c7sc7ccccc78)ccc65)cc4c3c2)nc1. The molecule has 13 rings (SSSR count). The second-order valence-corrected chi connectivity index (χ2v) is 17.1. The Morgan fingerprint density at radius 2 is 0.948 bits per heavy atom. The molecule has 0 saturated heterocycles. The van der Waals surface area contributed by atoms with E-state index >= 15 is 0 Å². The van der Waals surface area contributed by atoms with Crippen molar-refractivity contribution < 1.29 is 0 Å². The van der Waals surface area contributed by atoms with Gasteiger partial charge in [-0.05, 0) is 90.0 Å². The smallest absolute Gasteiger partial charge is 0.159 e. The highest BCUT2D eigenvalue weighted by atomic mass is 32.1. The minimum atomic E-state index is 0.734. The molecule has 8 aromatic carbocycles. The van der Waals surface area contributed by atoms with E-state index in [1.165, 1.54) is 78.7 Å². The van der Waals surface area contributed by atoms with Gasteiger partial charge in [-0.25, -0.2) is 9.97 Å². The van der Waals surface area contributed by atoms with Gasteiger partial charge in [-0.3, -0.25) is 0 Å². The zero-order valence-electron chi connectivity index (χ0n) is 30.9. The Balaban J connectivity index is 0.994. The van der Waals surface area contributed by atoms with E-state index in [0.29, 0.717) is 0 Å². The summed E-state index contributed by atoms with van der Waals surface area (Å²) in [5, 5.41) is 10.0. The zero-order valence-corrected chi connectivity index (χ0v) is 32.6. The lowest BCUT2D eigenvalue weighted by Crippen LogP contribution is -1.94. The second kappa shape index (κ2) is 12.2. The molecular formula is C52H30N4S2. The second-order valence-electron chi connectivity index (χ2n) is 15.0. The van der Waals surface area contributed by atoms with Crippen LogP contribution >= 0.6 is 22.7 Å². The lowest BCUT2D eigenvalue weighted by Gasteiger charge is -2.10. The molecule has 0 unspecified atom stereocenters. The maximum atomic E-state index is 4.64. The molecule has 0 N–H and O–H groups in total. The van der Waals surface area contributed by atoms with Gasteiger partial charge in [0.1, 0.15) is 0 Å². The molecule has 0 amide bonds. The molecule has 13 aromatic rings. The van der Waals surface area contributed by atoms with E-state index in [1.807, 2.05) is 41.1 Å². The largest absolute Gasteiger partial charge is 0.309 e. The van der Waals surface area contributed by atoms with E-state index in [0.717, 1.165) is 39.2 Å². The summed E-state index contributed by atoms with van der Waals surface area (Å²) >= 11 is 3.74. The molecule has 0 fully saturated rings. The Morgan fingerprint density at radius 3 is 1.74 bits per heavy atom. The van der Waals surface area contributed by atoms with Crippen LogP contribution in [0.3, 0.4) is 0 Å². The van der Waals surface area contributed by atoms with Gasteiger partial charge in [0.15, 0.2) is 5.82 Å². The highest BCUT2D eigenvalue weighted by Gasteiger charge is 2.20. The van der Waals surface area contributed by atoms with Crippen LogP contribution in [-0.2, 0) is 0 Å². The average Bonchev–Trinajstić information content (AvgIpc) is 4.04. The van der Waals surface area contributed by atoms with Gasteiger partial charge in [0.2, 0.25) is 0 Å². The quantitative estimate of drug-likeness (QED) is 0.178. The molecule has 0 saturated carbocycles. The minimum Gasteiger partial charge on any atom is -0.309 e. The molecule has 0 atom stereocenters. The van der Waals surface area contributed by atoms with Crippen LogP contribution < -0.4 is 0 Å². The van der Waals surface area contributed by atoms with Crippen LogP contribution in [0.4, 0.5) is 0 Å². The monoisotopic (exact) mass is 774 g/mol. The molecule has 0 aliphatic carbocycles. The van der Waals surface area contributed by atoms with Crippen molar-refractivity contribution in [2.24, 2.45) is 0 Å². The van der Waals surface area contributed by atoms with Gasteiger partial charge in [-0.15, -0.1) is 22.7 Å². The molecule has 4 nitrogen and oxygen atoms in total. The van der Waals surface area contributed by atoms with Crippen molar-refractivity contribution >= 4 is 107 Å². The molecule has 58 heavy (non-hydrogen) atoms. The Morgan fingerprint density at radius 1 is 0.362 bits per heavy atom. The van der Waals surface area contributed by atoms with Crippen molar-refractivity contribution in [2.45, 2.75) is 0 Å². The number of rotatable bonds is 4. The predicted molar refractivity (Wildman–Crippen MR) is 247 cm³/mol. The first kappa shape index (κ1) is 32.0. The summed E-state index contributed by atoms with van der Waals surface area (Å²) in [4.78, 5) is 9.28. The number of fused-ring (bicyclic) bond motifs is 12. The first-order valence-corrected chi connectivity index (χ1v) is 21.1. The fourth-order valence-corrected chi connectivity index (χ4v) is 11.7. The van der Waals surface area contributed by atoms with Crippen molar-refractivity contribution in [3.05, 3.63) is 182 Å². The van der Waals surface area contributed by atoms with E-state index in [-0.39, 0.29) is 0 Å². The summed E-state index contributed by atoms with van der Waals surface area (Å²) in [6.45, 7) is 0. The van der Waals surface area contributed by atoms with Gasteiger partial charge in [-0.2, -0.15) is 0 Å². The van der Waals surface area contributed by atoms with Crippen LogP contribution in [0.5, 0.6) is 0 Å². The van der Waals surface area contributed by atoms with Gasteiger partial charge >= 0.3 is 0 Å². The van der Waals surface area contributed by atoms with E-state index in [9.17, 15) is 0 Å². The highest BCUT2D eigenvalue weighted by Crippen LogP contribution is 2.44. The number of aromatic nitrogens is 4. The summed E-state index contributed by atoms with van der Waals surface area (Å²) in [6, 6.07) is 62.3. The minimum absolute atomic E-state index is 0.734. The highest BCUT2D eigenvalue weighted by molar-refractivity contribution is 7.26. The molecule has 0 radical (unpaired) electrons. The van der Waals surface area contributed by atoms with Crippen LogP contribution in [0, 0.1) is 0 Å². The van der Waals surface area contributed by atoms with E-state index in [2.05, 4.69) is 183 Å². The molecule has 0 bridgehead atoms. The van der Waals surface area contributed by atoms with Gasteiger partial charge in [-0.1, -0.05) is 91.0 Å². The van der Waals surface area contributed by atoms with Crippen molar-refractivity contribution in [1.29, 1.82) is 0 Å². The van der Waals surface area contributed by atoms with Crippen LogP contribution in [0.15, 0.2) is 182 Å². The summed E-state index contributed by atoms with van der Waals surface area (Å²) in [7, 11) is 0. The Hall–Kier alpha value is -7.12. The molecule has 6 heteroatoms. The third kappa shape index (κ3) is 4.55. The van der Waals surface area contributed by atoms with Gasteiger partial charge in [0.25, 0.3) is 0 Å². The standard InChI is InChI=1S/C52H30N4S2/c1-4-16-43-35(10-1)40-28-31(34-13-7-14-37-36-11-3-6-19-47(36)58-51(34)37)20-23-45(40)55(43)32-21-24-48-41(29-32)42-30-33(22-25-49(42)57-48)56-44-17-5-2-12-38(44)50-39(15-8-18-46(50)56)52-53-26-9-27-54-52/h1-30H. The number of thiophene rings is 2. The molecule has 0 aliphatic heterocycles. The summed E-state index contributed by atoms with van der Waals surface area (Å²) in [6.07, 6.45) is 3.63. The molecule has 5 heterocycles. The number of para-hydroxylation sites is 2. The predicted octanol–water partition coefficient (Wildman–Crippen LogP) is 14.7. The third-order valence-electron chi connectivity index (χ3n) is 11.8. The van der Waals surface area contributed by atoms with Crippen LogP contribution in [0.25, 0.3) is 118 Å². The average molecular weight is 775 g/mol. The fourth-order valence-electron chi connectivity index (χ4n) is 9.35. The third-order valence-corrected chi connectivity index (χ3v) is 14.2. The van der Waals surface area contributed by atoms with E-state index in [1.54, 1.807) is 0 Å². The van der Waals surface area contributed by atoms with E-state index in [4.69, 9.17) is 0 Å². The number of hydrogen-bond acceptors (Lipinski definition) is 4. The molecule has 0 spiro atoms. The molecule has 0 aliphatic rings. The topological polar surface area (TPSA) is 35.6 Å². The number of hydrogen-bond donors (Lipinski definition) is 0. The molecule has 270 valence electrons. The lowest BCUT2D eigenvalue weighted by atomic mass is 10.0. The molecule has 5 aromatic heterocycles. The lowest BCUT2D eigenvalue weighted by molar-refractivity contribution is 1.17. The van der Waals surface area contributed by atoms with Gasteiger partial charge in [0.05, 0.1) is 22.1 Å². The van der Waals surface area contributed by atoms with Crippen molar-refractivity contribution in [3.63, 3.8) is 0 Å². The number of benzene rings is 8. The van der Waals surface area contributed by atoms with Crippen LogP contribution in [0.1, 0.15) is 0 Å². The summed E-state index contributed by atoms with van der Waals surface area (Å²) in [5.41, 5.74) is 10.6. The van der Waals surface area contributed by atoms with Crippen molar-refractivity contribution in [3.8, 4) is 33.9 Å². The summed E-state index contributed by atoms with van der Waals surface area (Å²) in [5.74, 6) is 0.734. The van der Waals surface area contributed by atoms with Crippen molar-refractivity contribution in [1.82, 2.24) is 19.1 Å². The van der Waals surface area contributed by atoms with Gasteiger partial charge < -0.3 is 9.13 Å². The number of nitrogens with zero attached hydrogens (tertiary/aromatic N) is 4. The Labute approximate surface area is 340 Å². The molecular weight excluding hydrogens is 745 g/mol. The maximum absolute atomic E-state index is 4.64. The first-order chi connectivity index (χ1) is 28.8. The maximum Gasteiger partial charge on any atom is 0.159 e.